The molecule has 0 saturated heterocycles. The van der Waals surface area contributed by atoms with Crippen molar-refractivity contribution in [2.75, 3.05) is 0 Å². The molecule has 1 N–H and O–H groups in total. The van der Waals surface area contributed by atoms with E-state index in [-0.39, 0.29) is 0 Å². The molecule has 0 spiro atoms. The fraction of sp³-hybridized carbons (Fsp3) is 0.0417. The highest BCUT2D eigenvalue weighted by atomic mass is 79.9. The largest absolute Gasteiger partial charge is 0.374 e. The second kappa shape index (κ2) is 7.47. The summed E-state index contributed by atoms with van der Waals surface area (Å²) in [5.74, 6) is 0. The Bertz CT molecular complexity index is 1050. The Kier molecular flexibility index (Phi) is 4.88. The molecule has 0 aliphatic heterocycles. The molecular weight excluding hydrogens is 398 g/mol. The van der Waals surface area contributed by atoms with Gasteiger partial charge in [-0.1, -0.05) is 88.7 Å². The number of benzene rings is 3. The smallest absolute Gasteiger partial charge is 0.157 e. The van der Waals surface area contributed by atoms with Gasteiger partial charge in [-0.25, -0.2) is 0 Å². The van der Waals surface area contributed by atoms with Gasteiger partial charge in [-0.15, -0.1) is 0 Å². The first-order chi connectivity index (χ1) is 13.2. The average molecular weight is 416 g/mol. The quantitative estimate of drug-likeness (QED) is 0.457. The third kappa shape index (κ3) is 3.32. The standard InChI is InChI=1S/C24H18BrNO/c25-20-12-8-11-19(17-20)24(27,23-15-6-7-16-26-23)22-14-5-4-13-21(22)18-9-2-1-3-10-18/h1-17,27H. The zero-order valence-electron chi connectivity index (χ0n) is 14.6. The molecule has 0 amide bonds. The van der Waals surface area contributed by atoms with Crippen LogP contribution >= 0.6 is 15.9 Å². The van der Waals surface area contributed by atoms with Crippen molar-refractivity contribution in [1.29, 1.82) is 0 Å². The number of hydrogen-bond acceptors (Lipinski definition) is 2. The molecule has 27 heavy (non-hydrogen) atoms. The molecule has 2 nitrogen and oxygen atoms in total. The molecule has 0 aliphatic rings. The number of pyridine rings is 1. The molecule has 0 aliphatic carbocycles. The first-order valence-corrected chi connectivity index (χ1v) is 9.54. The SMILES string of the molecule is OC(c1cccc(Br)c1)(c1ccccn1)c1ccccc1-c1ccccc1. The van der Waals surface area contributed by atoms with Crippen LogP contribution in [0.5, 0.6) is 0 Å². The third-order valence-electron chi connectivity index (χ3n) is 4.68. The van der Waals surface area contributed by atoms with Crippen LogP contribution in [0.4, 0.5) is 0 Å². The van der Waals surface area contributed by atoms with Crippen LogP contribution in [-0.2, 0) is 5.60 Å². The molecule has 1 unspecified atom stereocenters. The fourth-order valence-corrected chi connectivity index (χ4v) is 3.80. The molecule has 0 bridgehead atoms. The minimum Gasteiger partial charge on any atom is -0.374 e. The van der Waals surface area contributed by atoms with Crippen LogP contribution in [0.15, 0.2) is 108 Å². The Morgan fingerprint density at radius 1 is 0.741 bits per heavy atom. The van der Waals surface area contributed by atoms with Crippen LogP contribution in [0.2, 0.25) is 0 Å². The lowest BCUT2D eigenvalue weighted by Gasteiger charge is -2.31. The van der Waals surface area contributed by atoms with Gasteiger partial charge in [0.25, 0.3) is 0 Å². The van der Waals surface area contributed by atoms with Crippen molar-refractivity contribution >= 4 is 15.9 Å². The summed E-state index contributed by atoms with van der Waals surface area (Å²) >= 11 is 3.53. The molecule has 1 aromatic heterocycles. The summed E-state index contributed by atoms with van der Waals surface area (Å²) in [4.78, 5) is 4.50. The molecule has 0 saturated carbocycles. The number of nitrogens with zero attached hydrogens (tertiary/aromatic N) is 1. The molecule has 1 heterocycles. The van der Waals surface area contributed by atoms with Crippen molar-refractivity contribution in [2.24, 2.45) is 0 Å². The summed E-state index contributed by atoms with van der Waals surface area (Å²) in [5, 5.41) is 12.1. The van der Waals surface area contributed by atoms with Crippen LogP contribution in [0, 0.1) is 0 Å². The van der Waals surface area contributed by atoms with Gasteiger partial charge in [0.2, 0.25) is 0 Å². The minimum atomic E-state index is -1.38. The molecule has 4 aromatic rings. The van der Waals surface area contributed by atoms with E-state index in [9.17, 15) is 5.11 Å². The summed E-state index contributed by atoms with van der Waals surface area (Å²) in [5.41, 5.74) is 2.81. The summed E-state index contributed by atoms with van der Waals surface area (Å²) in [7, 11) is 0. The van der Waals surface area contributed by atoms with Gasteiger partial charge in [0.15, 0.2) is 5.60 Å². The monoisotopic (exact) mass is 415 g/mol. The Labute approximate surface area is 167 Å². The third-order valence-corrected chi connectivity index (χ3v) is 5.17. The first-order valence-electron chi connectivity index (χ1n) is 8.74. The van der Waals surface area contributed by atoms with E-state index in [1.807, 2.05) is 84.9 Å². The van der Waals surface area contributed by atoms with Gasteiger partial charge >= 0.3 is 0 Å². The number of halogens is 1. The van der Waals surface area contributed by atoms with Crippen LogP contribution in [0.3, 0.4) is 0 Å². The molecule has 3 aromatic carbocycles. The summed E-state index contributed by atoms with van der Waals surface area (Å²) in [6.07, 6.45) is 1.71. The predicted octanol–water partition coefficient (Wildman–Crippen LogP) is 5.80. The predicted molar refractivity (Wildman–Crippen MR) is 112 cm³/mol. The molecule has 1 atom stereocenters. The maximum Gasteiger partial charge on any atom is 0.157 e. The van der Waals surface area contributed by atoms with E-state index in [0.29, 0.717) is 5.69 Å². The summed E-state index contributed by atoms with van der Waals surface area (Å²) in [6.45, 7) is 0. The van der Waals surface area contributed by atoms with Crippen LogP contribution in [0.1, 0.15) is 16.8 Å². The highest BCUT2D eigenvalue weighted by molar-refractivity contribution is 9.10. The van der Waals surface area contributed by atoms with E-state index in [1.54, 1.807) is 6.20 Å². The fourth-order valence-electron chi connectivity index (χ4n) is 3.40. The van der Waals surface area contributed by atoms with E-state index < -0.39 is 5.60 Å². The Morgan fingerprint density at radius 2 is 1.48 bits per heavy atom. The summed E-state index contributed by atoms with van der Waals surface area (Å²) < 4.78 is 0.909. The second-order valence-corrected chi connectivity index (χ2v) is 7.26. The van der Waals surface area contributed by atoms with Crippen LogP contribution in [-0.4, -0.2) is 10.1 Å². The average Bonchev–Trinajstić information content (AvgIpc) is 2.74. The number of aromatic nitrogens is 1. The lowest BCUT2D eigenvalue weighted by atomic mass is 9.79. The van der Waals surface area contributed by atoms with E-state index >= 15 is 0 Å². The highest BCUT2D eigenvalue weighted by Crippen LogP contribution is 2.41. The van der Waals surface area contributed by atoms with Gasteiger partial charge in [-0.05, 0) is 41.0 Å². The maximum absolute atomic E-state index is 12.1. The van der Waals surface area contributed by atoms with Crippen molar-refractivity contribution in [2.45, 2.75) is 5.60 Å². The van der Waals surface area contributed by atoms with Crippen molar-refractivity contribution < 1.29 is 5.11 Å². The number of aliphatic hydroxyl groups is 1. The zero-order chi connectivity index (χ0) is 18.7. The van der Waals surface area contributed by atoms with E-state index in [2.05, 4.69) is 33.0 Å². The highest BCUT2D eigenvalue weighted by Gasteiger charge is 2.37. The van der Waals surface area contributed by atoms with Crippen LogP contribution < -0.4 is 0 Å². The molecule has 132 valence electrons. The molecular formula is C24H18BrNO. The summed E-state index contributed by atoms with van der Waals surface area (Å²) in [6, 6.07) is 31.4. The Balaban J connectivity index is 2.02. The zero-order valence-corrected chi connectivity index (χ0v) is 16.2. The molecule has 0 radical (unpaired) electrons. The first kappa shape index (κ1) is 17.7. The van der Waals surface area contributed by atoms with Gasteiger partial charge in [0.05, 0.1) is 5.69 Å². The molecule has 4 rings (SSSR count). The molecule has 3 heteroatoms. The van der Waals surface area contributed by atoms with Gasteiger partial charge in [-0.2, -0.15) is 0 Å². The maximum atomic E-state index is 12.1. The van der Waals surface area contributed by atoms with E-state index in [1.165, 1.54) is 0 Å². The van der Waals surface area contributed by atoms with Crippen LogP contribution in [0.25, 0.3) is 11.1 Å². The number of rotatable bonds is 4. The topological polar surface area (TPSA) is 33.1 Å². The van der Waals surface area contributed by atoms with Gasteiger partial charge < -0.3 is 5.11 Å². The minimum absolute atomic E-state index is 0.589. The lowest BCUT2D eigenvalue weighted by Crippen LogP contribution is -2.30. The van der Waals surface area contributed by atoms with Crippen molar-refractivity contribution in [1.82, 2.24) is 4.98 Å². The van der Waals surface area contributed by atoms with Gasteiger partial charge in [0.1, 0.15) is 0 Å². The molecule has 0 fully saturated rings. The van der Waals surface area contributed by atoms with Crippen molar-refractivity contribution in [3.63, 3.8) is 0 Å². The van der Waals surface area contributed by atoms with Crippen molar-refractivity contribution in [3.05, 3.63) is 125 Å². The Morgan fingerprint density at radius 3 is 2.22 bits per heavy atom. The van der Waals surface area contributed by atoms with Gasteiger partial charge in [0, 0.05) is 16.2 Å². The Hall–Kier alpha value is -2.75. The van der Waals surface area contributed by atoms with E-state index in [4.69, 9.17) is 0 Å². The van der Waals surface area contributed by atoms with Gasteiger partial charge in [-0.3, -0.25) is 4.98 Å². The normalized spacial score (nSPS) is 13.1. The van der Waals surface area contributed by atoms with Crippen molar-refractivity contribution in [3.8, 4) is 11.1 Å². The lowest BCUT2D eigenvalue weighted by molar-refractivity contribution is 0.121. The second-order valence-electron chi connectivity index (χ2n) is 6.35. The number of hydrogen-bond donors (Lipinski definition) is 1. The van der Waals surface area contributed by atoms with E-state index in [0.717, 1.165) is 26.7 Å².